The van der Waals surface area contributed by atoms with Crippen LogP contribution in [0.15, 0.2) is 16.8 Å². The molecule has 0 spiro atoms. The van der Waals surface area contributed by atoms with Gasteiger partial charge in [0.05, 0.1) is 24.4 Å². The molecule has 2 aromatic rings. The van der Waals surface area contributed by atoms with Crippen LogP contribution >= 0.6 is 0 Å². The van der Waals surface area contributed by atoms with E-state index in [4.69, 9.17) is 4.52 Å². The number of aromatic nitrogens is 4. The number of aryl methyl sites for hydroxylation is 2. The molecule has 0 saturated heterocycles. The lowest BCUT2D eigenvalue weighted by molar-refractivity contribution is -0.126. The van der Waals surface area contributed by atoms with Gasteiger partial charge in [0.1, 0.15) is 5.76 Å². The topological polar surface area (TPSA) is 115 Å². The maximum atomic E-state index is 12.3. The van der Waals surface area contributed by atoms with E-state index < -0.39 is 0 Å². The first kappa shape index (κ1) is 19.1. The fourth-order valence-corrected chi connectivity index (χ4v) is 3.38. The van der Waals surface area contributed by atoms with E-state index in [2.05, 4.69) is 26.1 Å². The summed E-state index contributed by atoms with van der Waals surface area (Å²) >= 11 is 0. The largest absolute Gasteiger partial charge is 0.361 e. The van der Waals surface area contributed by atoms with E-state index in [0.29, 0.717) is 18.8 Å². The Hall–Kier alpha value is -2.71. The van der Waals surface area contributed by atoms with E-state index >= 15 is 0 Å². The molecule has 2 N–H and O–H groups in total. The molecule has 0 radical (unpaired) electrons. The molecule has 0 bridgehead atoms. The standard InChI is InChI=1S/C18H26N6O3/c1-12-9-16(27-22-12)10-17(25)20-15-5-3-14(4-6-15)18(26)19-7-8-24-11-13(2)21-23-24/h9,11,14-15H,3-8,10H2,1-2H3,(H,19,26)(H,20,25). The highest BCUT2D eigenvalue weighted by Crippen LogP contribution is 2.24. The number of carbonyl (C=O) groups excluding carboxylic acids is 2. The van der Waals surface area contributed by atoms with Gasteiger partial charge in [0.2, 0.25) is 11.8 Å². The molecular formula is C18H26N6O3. The van der Waals surface area contributed by atoms with E-state index in [-0.39, 0.29) is 30.2 Å². The smallest absolute Gasteiger partial charge is 0.227 e. The van der Waals surface area contributed by atoms with E-state index in [0.717, 1.165) is 37.1 Å². The van der Waals surface area contributed by atoms with Crippen molar-refractivity contribution >= 4 is 11.8 Å². The van der Waals surface area contributed by atoms with Gasteiger partial charge in [-0.15, -0.1) is 5.10 Å². The average molecular weight is 374 g/mol. The molecule has 146 valence electrons. The Bertz CT molecular complexity index is 776. The second-order valence-electron chi connectivity index (χ2n) is 7.14. The van der Waals surface area contributed by atoms with Gasteiger partial charge in [0, 0.05) is 30.8 Å². The lowest BCUT2D eigenvalue weighted by atomic mass is 9.85. The molecule has 1 saturated carbocycles. The van der Waals surface area contributed by atoms with E-state index in [1.54, 1.807) is 10.7 Å². The molecule has 9 heteroatoms. The summed E-state index contributed by atoms with van der Waals surface area (Å²) in [6, 6.07) is 1.88. The number of rotatable bonds is 7. The number of nitrogens with zero attached hydrogens (tertiary/aromatic N) is 4. The van der Waals surface area contributed by atoms with Gasteiger partial charge in [-0.3, -0.25) is 14.3 Å². The fourth-order valence-electron chi connectivity index (χ4n) is 3.38. The van der Waals surface area contributed by atoms with Crippen molar-refractivity contribution in [3.8, 4) is 0 Å². The molecule has 1 aliphatic rings. The van der Waals surface area contributed by atoms with Crippen LogP contribution in [0.25, 0.3) is 0 Å². The maximum absolute atomic E-state index is 12.3. The molecule has 0 unspecified atom stereocenters. The molecule has 3 rings (SSSR count). The van der Waals surface area contributed by atoms with Crippen LogP contribution in [0.4, 0.5) is 0 Å². The zero-order valence-corrected chi connectivity index (χ0v) is 15.8. The lowest BCUT2D eigenvalue weighted by Crippen LogP contribution is -2.41. The van der Waals surface area contributed by atoms with Crippen LogP contribution < -0.4 is 10.6 Å². The fraction of sp³-hybridized carbons (Fsp3) is 0.611. The number of nitrogens with one attached hydrogen (secondary N) is 2. The molecule has 2 heterocycles. The van der Waals surface area contributed by atoms with Crippen molar-refractivity contribution in [2.24, 2.45) is 5.92 Å². The van der Waals surface area contributed by atoms with Crippen molar-refractivity contribution in [3.05, 3.63) is 29.4 Å². The second-order valence-corrected chi connectivity index (χ2v) is 7.14. The summed E-state index contributed by atoms with van der Waals surface area (Å²) in [5.74, 6) is 0.587. The molecule has 9 nitrogen and oxygen atoms in total. The normalized spacial score (nSPS) is 19.6. The van der Waals surface area contributed by atoms with Gasteiger partial charge >= 0.3 is 0 Å². The van der Waals surface area contributed by atoms with Gasteiger partial charge in [0.15, 0.2) is 0 Å². The van der Waals surface area contributed by atoms with Crippen LogP contribution in [0.3, 0.4) is 0 Å². The third-order valence-corrected chi connectivity index (χ3v) is 4.77. The third kappa shape index (κ3) is 5.63. The van der Waals surface area contributed by atoms with Crippen molar-refractivity contribution in [1.29, 1.82) is 0 Å². The summed E-state index contributed by atoms with van der Waals surface area (Å²) in [5, 5.41) is 17.7. The first-order chi connectivity index (χ1) is 13.0. The monoisotopic (exact) mass is 374 g/mol. The van der Waals surface area contributed by atoms with Gasteiger partial charge in [-0.2, -0.15) is 0 Å². The van der Waals surface area contributed by atoms with E-state index in [1.807, 2.05) is 20.0 Å². The Morgan fingerprint density at radius 3 is 2.63 bits per heavy atom. The highest BCUT2D eigenvalue weighted by molar-refractivity contribution is 5.79. The number of hydrogen-bond donors (Lipinski definition) is 2. The van der Waals surface area contributed by atoms with Crippen molar-refractivity contribution in [2.45, 2.75) is 58.5 Å². The highest BCUT2D eigenvalue weighted by atomic mass is 16.5. The van der Waals surface area contributed by atoms with Crippen LogP contribution in [0.2, 0.25) is 0 Å². The molecule has 0 aliphatic heterocycles. The van der Waals surface area contributed by atoms with Gasteiger partial charge in [-0.25, -0.2) is 0 Å². The molecule has 1 fully saturated rings. The molecule has 0 aromatic carbocycles. The lowest BCUT2D eigenvalue weighted by Gasteiger charge is -2.28. The SMILES string of the molecule is Cc1cn(CCNC(=O)C2CCC(NC(=O)Cc3cc(C)no3)CC2)nn1. The van der Waals surface area contributed by atoms with Crippen molar-refractivity contribution < 1.29 is 14.1 Å². The van der Waals surface area contributed by atoms with Gasteiger partial charge in [0.25, 0.3) is 0 Å². The maximum Gasteiger partial charge on any atom is 0.227 e. The number of hydrogen-bond acceptors (Lipinski definition) is 6. The first-order valence-electron chi connectivity index (χ1n) is 9.35. The molecule has 27 heavy (non-hydrogen) atoms. The van der Waals surface area contributed by atoms with Gasteiger partial charge < -0.3 is 15.2 Å². The molecule has 2 amide bonds. The Kier molecular flexibility index (Phi) is 6.20. The quantitative estimate of drug-likeness (QED) is 0.745. The third-order valence-electron chi connectivity index (χ3n) is 4.77. The summed E-state index contributed by atoms with van der Waals surface area (Å²) < 4.78 is 6.79. The minimum Gasteiger partial charge on any atom is -0.361 e. The van der Waals surface area contributed by atoms with Crippen LogP contribution in [0.5, 0.6) is 0 Å². The van der Waals surface area contributed by atoms with Gasteiger partial charge in [-0.05, 0) is 39.5 Å². The molecular weight excluding hydrogens is 348 g/mol. The highest BCUT2D eigenvalue weighted by Gasteiger charge is 2.27. The summed E-state index contributed by atoms with van der Waals surface area (Å²) in [5.41, 5.74) is 1.63. The minimum atomic E-state index is -0.0674. The zero-order valence-electron chi connectivity index (χ0n) is 15.8. The van der Waals surface area contributed by atoms with E-state index in [1.165, 1.54) is 0 Å². The number of carbonyl (C=O) groups is 2. The average Bonchev–Trinajstić information content (AvgIpc) is 3.23. The van der Waals surface area contributed by atoms with Crippen LogP contribution in [-0.4, -0.2) is 44.6 Å². The van der Waals surface area contributed by atoms with Crippen molar-refractivity contribution in [1.82, 2.24) is 30.8 Å². The summed E-state index contributed by atoms with van der Waals surface area (Å²) in [6.07, 6.45) is 5.22. The molecule has 2 aromatic heterocycles. The minimum absolute atomic E-state index is 0.00700. The van der Waals surface area contributed by atoms with Crippen molar-refractivity contribution in [2.75, 3.05) is 6.54 Å². The van der Waals surface area contributed by atoms with E-state index in [9.17, 15) is 9.59 Å². The predicted octanol–water partition coefficient (Wildman–Crippen LogP) is 0.917. The predicted molar refractivity (Wildman–Crippen MR) is 96.6 cm³/mol. The Morgan fingerprint density at radius 2 is 2.00 bits per heavy atom. The van der Waals surface area contributed by atoms with Crippen LogP contribution in [0, 0.1) is 19.8 Å². The summed E-state index contributed by atoms with van der Waals surface area (Å²) in [4.78, 5) is 24.4. The van der Waals surface area contributed by atoms with Crippen LogP contribution in [0.1, 0.15) is 42.8 Å². The Labute approximate surface area is 157 Å². The molecule has 1 aliphatic carbocycles. The van der Waals surface area contributed by atoms with Gasteiger partial charge in [-0.1, -0.05) is 10.4 Å². The van der Waals surface area contributed by atoms with Crippen molar-refractivity contribution in [3.63, 3.8) is 0 Å². The molecule has 0 atom stereocenters. The Balaban J connectivity index is 1.34. The second kappa shape index (κ2) is 8.79. The number of amides is 2. The summed E-state index contributed by atoms with van der Waals surface area (Å²) in [6.45, 7) is 4.85. The Morgan fingerprint density at radius 1 is 1.22 bits per heavy atom. The zero-order chi connectivity index (χ0) is 19.2. The first-order valence-corrected chi connectivity index (χ1v) is 9.35. The summed E-state index contributed by atoms with van der Waals surface area (Å²) in [7, 11) is 0. The van der Waals surface area contributed by atoms with Crippen LogP contribution in [-0.2, 0) is 22.6 Å².